The molecule has 3 aromatic rings. The van der Waals surface area contributed by atoms with Crippen molar-refractivity contribution in [2.24, 2.45) is 0 Å². The largest absolute Gasteiger partial charge is 0.390 e. The zero-order valence-electron chi connectivity index (χ0n) is 14.4. The average molecular weight is 354 g/mol. The Morgan fingerprint density at radius 3 is 2.92 bits per heavy atom. The molecule has 0 aliphatic carbocycles. The van der Waals surface area contributed by atoms with E-state index < -0.39 is 0 Å². The Morgan fingerprint density at radius 2 is 2.12 bits per heavy atom. The number of carbonyl (C=O) groups excluding carboxylic acids is 1. The lowest BCUT2D eigenvalue weighted by Gasteiger charge is -2.21. The lowest BCUT2D eigenvalue weighted by molar-refractivity contribution is 0.0747. The molecule has 0 atom stereocenters. The second-order valence-corrected chi connectivity index (χ2v) is 6.56. The van der Waals surface area contributed by atoms with Gasteiger partial charge in [0.2, 0.25) is 0 Å². The predicted molar refractivity (Wildman–Crippen MR) is 93.9 cm³/mol. The Balaban J connectivity index is 1.72. The van der Waals surface area contributed by atoms with Crippen LogP contribution in [0.1, 0.15) is 33.9 Å². The molecule has 0 fully saturated rings. The predicted octanol–water partition coefficient (Wildman–Crippen LogP) is 2.42. The topological polar surface area (TPSA) is 71.2 Å². The number of aliphatic hydroxyl groups excluding tert-OH is 1. The summed E-state index contributed by atoms with van der Waals surface area (Å²) in [6, 6.07) is 7.89. The quantitative estimate of drug-likeness (QED) is 0.767. The molecule has 0 saturated carbocycles. The van der Waals surface area contributed by atoms with Crippen LogP contribution in [0.3, 0.4) is 0 Å². The summed E-state index contributed by atoms with van der Waals surface area (Å²) in [5.41, 5.74) is 3.20. The highest BCUT2D eigenvalue weighted by molar-refractivity contribution is 6.06. The molecule has 1 aromatic carbocycles. The zero-order chi connectivity index (χ0) is 18.3. The van der Waals surface area contributed by atoms with Crippen molar-refractivity contribution >= 4 is 16.8 Å². The van der Waals surface area contributed by atoms with Gasteiger partial charge >= 0.3 is 0 Å². The Hall–Kier alpha value is -2.80. The van der Waals surface area contributed by atoms with Gasteiger partial charge < -0.3 is 10.0 Å². The van der Waals surface area contributed by atoms with E-state index in [1.165, 1.54) is 12.1 Å². The molecule has 0 unspecified atom stereocenters. The Bertz CT molecular complexity index is 993. The van der Waals surface area contributed by atoms with E-state index in [1.54, 1.807) is 24.0 Å². The number of carbonyl (C=O) groups is 1. The second kappa shape index (κ2) is 6.49. The van der Waals surface area contributed by atoms with Gasteiger partial charge in [0, 0.05) is 30.2 Å². The van der Waals surface area contributed by atoms with Gasteiger partial charge in [-0.3, -0.25) is 14.5 Å². The fourth-order valence-electron chi connectivity index (χ4n) is 3.45. The van der Waals surface area contributed by atoms with E-state index in [4.69, 9.17) is 0 Å². The Kier molecular flexibility index (Phi) is 4.16. The number of aliphatic hydroxyl groups is 1. The molecule has 3 heterocycles. The molecule has 7 heteroatoms. The van der Waals surface area contributed by atoms with E-state index in [0.717, 1.165) is 12.1 Å². The summed E-state index contributed by atoms with van der Waals surface area (Å²) >= 11 is 0. The highest BCUT2D eigenvalue weighted by Gasteiger charge is 2.23. The SMILES string of the molecule is Cc1cc(C(=O)N2CCCn3nc(CO)cc3C2)c2ccc(F)cc2n1. The number of rotatable bonds is 2. The van der Waals surface area contributed by atoms with Crippen molar-refractivity contribution in [2.45, 2.75) is 33.0 Å². The number of halogens is 1. The van der Waals surface area contributed by atoms with Gasteiger partial charge in [-0.05, 0) is 37.6 Å². The van der Waals surface area contributed by atoms with Crippen LogP contribution < -0.4 is 0 Å². The van der Waals surface area contributed by atoms with Crippen LogP contribution in [0, 0.1) is 12.7 Å². The smallest absolute Gasteiger partial charge is 0.254 e. The number of benzene rings is 1. The monoisotopic (exact) mass is 354 g/mol. The molecule has 1 N–H and O–H groups in total. The number of amides is 1. The summed E-state index contributed by atoms with van der Waals surface area (Å²) in [4.78, 5) is 19.3. The summed E-state index contributed by atoms with van der Waals surface area (Å²) < 4.78 is 15.4. The molecular weight excluding hydrogens is 335 g/mol. The van der Waals surface area contributed by atoms with Crippen LogP contribution in [-0.2, 0) is 19.7 Å². The van der Waals surface area contributed by atoms with E-state index in [-0.39, 0.29) is 18.3 Å². The number of nitrogens with zero attached hydrogens (tertiary/aromatic N) is 4. The molecule has 0 spiro atoms. The minimum absolute atomic E-state index is 0.104. The van der Waals surface area contributed by atoms with Gasteiger partial charge in [-0.2, -0.15) is 5.10 Å². The minimum Gasteiger partial charge on any atom is -0.390 e. The van der Waals surface area contributed by atoms with Gasteiger partial charge in [-0.1, -0.05) is 0 Å². The summed E-state index contributed by atoms with van der Waals surface area (Å²) in [6.07, 6.45) is 0.780. The lowest BCUT2D eigenvalue weighted by Crippen LogP contribution is -2.31. The molecule has 4 rings (SSSR count). The first-order chi connectivity index (χ1) is 12.5. The van der Waals surface area contributed by atoms with Gasteiger partial charge in [-0.15, -0.1) is 0 Å². The molecule has 0 radical (unpaired) electrons. The maximum Gasteiger partial charge on any atom is 0.254 e. The van der Waals surface area contributed by atoms with Crippen molar-refractivity contribution in [3.8, 4) is 0 Å². The molecule has 0 saturated heterocycles. The third-order valence-corrected chi connectivity index (χ3v) is 4.64. The van der Waals surface area contributed by atoms with Gasteiger partial charge in [0.15, 0.2) is 0 Å². The first kappa shape index (κ1) is 16.7. The van der Waals surface area contributed by atoms with Gasteiger partial charge in [0.05, 0.1) is 35.6 Å². The second-order valence-electron chi connectivity index (χ2n) is 6.56. The highest BCUT2D eigenvalue weighted by Crippen LogP contribution is 2.23. The number of aromatic nitrogens is 3. The normalized spacial score (nSPS) is 14.3. The first-order valence-corrected chi connectivity index (χ1v) is 8.58. The van der Waals surface area contributed by atoms with Crippen molar-refractivity contribution in [3.05, 3.63) is 58.8 Å². The lowest BCUT2D eigenvalue weighted by atomic mass is 10.1. The number of hydrogen-bond acceptors (Lipinski definition) is 4. The summed E-state index contributed by atoms with van der Waals surface area (Å²) in [5.74, 6) is -0.475. The standard InChI is InChI=1S/C19H19FN4O2/c1-12-7-17(16-4-3-13(20)8-18(16)21-12)19(26)23-5-2-6-24-15(10-23)9-14(11-25)22-24/h3-4,7-9,25H,2,5-6,10-11H2,1H3. The molecule has 0 bridgehead atoms. The summed E-state index contributed by atoms with van der Waals surface area (Å²) in [5, 5.41) is 14.3. The van der Waals surface area contributed by atoms with E-state index >= 15 is 0 Å². The molecule has 1 aliphatic heterocycles. The van der Waals surface area contributed by atoms with Crippen LogP contribution in [0.5, 0.6) is 0 Å². The van der Waals surface area contributed by atoms with Gasteiger partial charge in [0.25, 0.3) is 5.91 Å². The van der Waals surface area contributed by atoms with Gasteiger partial charge in [0.1, 0.15) is 5.82 Å². The maximum atomic E-state index is 13.5. The number of fused-ring (bicyclic) bond motifs is 2. The highest BCUT2D eigenvalue weighted by atomic mass is 19.1. The molecule has 26 heavy (non-hydrogen) atoms. The van der Waals surface area contributed by atoms with Crippen LogP contribution in [0.15, 0.2) is 30.3 Å². The van der Waals surface area contributed by atoms with Crippen LogP contribution in [0.4, 0.5) is 4.39 Å². The number of aryl methyl sites for hydroxylation is 2. The fraction of sp³-hybridized carbons (Fsp3) is 0.316. The average Bonchev–Trinajstić information content (AvgIpc) is 2.90. The van der Waals surface area contributed by atoms with Crippen molar-refractivity contribution < 1.29 is 14.3 Å². The van der Waals surface area contributed by atoms with E-state index in [9.17, 15) is 14.3 Å². The first-order valence-electron chi connectivity index (χ1n) is 8.58. The summed E-state index contributed by atoms with van der Waals surface area (Å²) in [7, 11) is 0. The Morgan fingerprint density at radius 1 is 1.27 bits per heavy atom. The third-order valence-electron chi connectivity index (χ3n) is 4.64. The fourth-order valence-corrected chi connectivity index (χ4v) is 3.45. The van der Waals surface area contributed by atoms with Crippen molar-refractivity contribution in [2.75, 3.05) is 6.54 Å². The zero-order valence-corrected chi connectivity index (χ0v) is 14.4. The molecule has 1 amide bonds. The molecule has 2 aromatic heterocycles. The van der Waals surface area contributed by atoms with Crippen LogP contribution in [0.25, 0.3) is 10.9 Å². The maximum absolute atomic E-state index is 13.5. The van der Waals surface area contributed by atoms with Crippen molar-refractivity contribution in [1.29, 1.82) is 0 Å². The molecule has 134 valence electrons. The van der Waals surface area contributed by atoms with Crippen LogP contribution in [0.2, 0.25) is 0 Å². The van der Waals surface area contributed by atoms with Crippen LogP contribution in [-0.4, -0.2) is 37.2 Å². The van der Waals surface area contributed by atoms with Crippen LogP contribution >= 0.6 is 0 Å². The third kappa shape index (κ3) is 2.94. The minimum atomic E-state index is -0.371. The number of hydrogen-bond donors (Lipinski definition) is 1. The van der Waals surface area contributed by atoms with Crippen molar-refractivity contribution in [1.82, 2.24) is 19.7 Å². The molecule has 1 aliphatic rings. The van der Waals surface area contributed by atoms with E-state index in [0.29, 0.717) is 47.5 Å². The van der Waals surface area contributed by atoms with Crippen molar-refractivity contribution in [3.63, 3.8) is 0 Å². The molecular formula is C19H19FN4O2. The van der Waals surface area contributed by atoms with E-state index in [1.807, 2.05) is 10.7 Å². The summed E-state index contributed by atoms with van der Waals surface area (Å²) in [6.45, 7) is 3.43. The molecule has 6 nitrogen and oxygen atoms in total. The van der Waals surface area contributed by atoms with Gasteiger partial charge in [-0.25, -0.2) is 4.39 Å². The Labute approximate surface area is 149 Å². The van der Waals surface area contributed by atoms with E-state index in [2.05, 4.69) is 10.1 Å². The number of pyridine rings is 1.